The van der Waals surface area contributed by atoms with Crippen molar-refractivity contribution in [3.8, 4) is 10.6 Å². The summed E-state index contributed by atoms with van der Waals surface area (Å²) in [5, 5.41) is 5.90. The Morgan fingerprint density at radius 1 is 1.45 bits per heavy atom. The van der Waals surface area contributed by atoms with Gasteiger partial charge >= 0.3 is 0 Å². The Morgan fingerprint density at radius 3 is 2.95 bits per heavy atom. The first-order valence-corrected chi connectivity index (χ1v) is 8.09. The van der Waals surface area contributed by atoms with Crippen molar-refractivity contribution in [1.82, 2.24) is 10.3 Å². The number of carbonyl (C=O) groups excluding carboxylic acids is 1. The molecule has 3 nitrogen and oxygen atoms in total. The van der Waals surface area contributed by atoms with Gasteiger partial charge in [-0.1, -0.05) is 12.1 Å². The first kappa shape index (κ1) is 13.6. The van der Waals surface area contributed by atoms with E-state index in [2.05, 4.69) is 10.3 Å². The summed E-state index contributed by atoms with van der Waals surface area (Å²) in [4.78, 5) is 16.6. The Kier molecular flexibility index (Phi) is 4.03. The van der Waals surface area contributed by atoms with E-state index >= 15 is 0 Å². The van der Waals surface area contributed by atoms with E-state index in [0.717, 1.165) is 29.1 Å². The lowest BCUT2D eigenvalue weighted by Crippen LogP contribution is -2.39. The van der Waals surface area contributed by atoms with Crippen molar-refractivity contribution in [2.75, 3.05) is 0 Å². The zero-order valence-corrected chi connectivity index (χ0v) is 12.5. The predicted octanol–water partition coefficient (Wildman–Crippen LogP) is 3.83. The van der Waals surface area contributed by atoms with Crippen molar-refractivity contribution in [2.45, 2.75) is 31.2 Å². The fraction of sp³-hybridized carbons (Fsp3) is 0.333. The fourth-order valence-corrected chi connectivity index (χ4v) is 3.16. The molecule has 5 heteroatoms. The molecule has 1 heterocycles. The molecule has 1 aromatic carbocycles. The molecule has 1 aromatic heterocycles. The van der Waals surface area contributed by atoms with Gasteiger partial charge in [-0.3, -0.25) is 4.79 Å². The Hall–Kier alpha value is -1.39. The van der Waals surface area contributed by atoms with Gasteiger partial charge in [0.25, 0.3) is 5.91 Å². The van der Waals surface area contributed by atoms with Crippen molar-refractivity contribution >= 4 is 28.8 Å². The number of halogens is 1. The lowest BCUT2D eigenvalue weighted by atomic mass is 9.93. The van der Waals surface area contributed by atoms with E-state index in [1.54, 1.807) is 11.3 Å². The number of alkyl halides is 1. The van der Waals surface area contributed by atoms with E-state index in [0.29, 0.717) is 17.5 Å². The maximum atomic E-state index is 12.1. The number of hydrogen-bond donors (Lipinski definition) is 1. The SMILES string of the molecule is O=C(NC1CCC1)c1cccc(-c2nc(CCl)cs2)c1. The van der Waals surface area contributed by atoms with Crippen molar-refractivity contribution in [3.63, 3.8) is 0 Å². The van der Waals surface area contributed by atoms with Crippen LogP contribution in [0.15, 0.2) is 29.6 Å². The van der Waals surface area contributed by atoms with Crippen molar-refractivity contribution in [3.05, 3.63) is 40.9 Å². The monoisotopic (exact) mass is 306 g/mol. The largest absolute Gasteiger partial charge is 0.349 e. The Bertz CT molecular complexity index is 622. The van der Waals surface area contributed by atoms with Gasteiger partial charge < -0.3 is 5.32 Å². The molecule has 3 rings (SSSR count). The van der Waals surface area contributed by atoms with Gasteiger partial charge in [0, 0.05) is 22.5 Å². The van der Waals surface area contributed by atoms with Crippen molar-refractivity contribution in [1.29, 1.82) is 0 Å². The van der Waals surface area contributed by atoms with Crippen LogP contribution in [0.25, 0.3) is 10.6 Å². The molecule has 1 fully saturated rings. The molecule has 0 spiro atoms. The van der Waals surface area contributed by atoms with Crippen LogP contribution in [0.2, 0.25) is 0 Å². The molecule has 1 amide bonds. The number of aromatic nitrogens is 1. The van der Waals surface area contributed by atoms with Gasteiger partial charge in [-0.05, 0) is 31.4 Å². The average Bonchev–Trinajstić information content (AvgIpc) is 2.92. The van der Waals surface area contributed by atoms with E-state index in [4.69, 9.17) is 11.6 Å². The van der Waals surface area contributed by atoms with E-state index in [9.17, 15) is 4.79 Å². The first-order valence-electron chi connectivity index (χ1n) is 6.68. The number of amides is 1. The van der Waals surface area contributed by atoms with Crippen LogP contribution in [-0.2, 0) is 5.88 Å². The zero-order chi connectivity index (χ0) is 13.9. The molecule has 1 saturated carbocycles. The van der Waals surface area contributed by atoms with Gasteiger partial charge in [0.15, 0.2) is 0 Å². The fourth-order valence-electron chi connectivity index (χ4n) is 2.12. The minimum absolute atomic E-state index is 0.00525. The van der Waals surface area contributed by atoms with Gasteiger partial charge in [-0.25, -0.2) is 4.98 Å². The van der Waals surface area contributed by atoms with E-state index < -0.39 is 0 Å². The highest BCUT2D eigenvalue weighted by Gasteiger charge is 2.20. The first-order chi connectivity index (χ1) is 9.76. The average molecular weight is 307 g/mol. The maximum Gasteiger partial charge on any atom is 0.251 e. The molecule has 0 unspecified atom stereocenters. The van der Waals surface area contributed by atoms with Gasteiger partial charge in [-0.15, -0.1) is 22.9 Å². The van der Waals surface area contributed by atoms with Crippen molar-refractivity contribution in [2.24, 2.45) is 0 Å². The summed E-state index contributed by atoms with van der Waals surface area (Å²) in [7, 11) is 0. The Labute approximate surface area is 127 Å². The van der Waals surface area contributed by atoms with Gasteiger partial charge in [0.1, 0.15) is 5.01 Å². The smallest absolute Gasteiger partial charge is 0.251 e. The summed E-state index contributed by atoms with van der Waals surface area (Å²) in [5.74, 6) is 0.420. The quantitative estimate of drug-likeness (QED) is 0.872. The molecule has 20 heavy (non-hydrogen) atoms. The molecule has 1 aliphatic rings. The summed E-state index contributed by atoms with van der Waals surface area (Å²) in [5.41, 5.74) is 2.53. The highest BCUT2D eigenvalue weighted by atomic mass is 35.5. The van der Waals surface area contributed by atoms with E-state index in [1.807, 2.05) is 29.6 Å². The molecule has 2 aromatic rings. The maximum absolute atomic E-state index is 12.1. The van der Waals surface area contributed by atoms with Gasteiger partial charge in [0.05, 0.1) is 11.6 Å². The van der Waals surface area contributed by atoms with Crippen LogP contribution in [0.5, 0.6) is 0 Å². The molecule has 0 bridgehead atoms. The number of nitrogens with one attached hydrogen (secondary N) is 1. The van der Waals surface area contributed by atoms with Crippen LogP contribution >= 0.6 is 22.9 Å². The molecule has 0 saturated heterocycles. The van der Waals surface area contributed by atoms with E-state index in [-0.39, 0.29) is 5.91 Å². The molecule has 104 valence electrons. The summed E-state index contributed by atoms with van der Waals surface area (Å²) in [6.07, 6.45) is 3.40. The molecule has 0 atom stereocenters. The number of nitrogens with zero attached hydrogens (tertiary/aromatic N) is 1. The number of thiazole rings is 1. The van der Waals surface area contributed by atoms with Crippen LogP contribution < -0.4 is 5.32 Å². The van der Waals surface area contributed by atoms with Crippen LogP contribution in [0.4, 0.5) is 0 Å². The van der Waals surface area contributed by atoms with Crippen LogP contribution in [0.1, 0.15) is 35.3 Å². The lowest BCUT2D eigenvalue weighted by molar-refractivity contribution is 0.0917. The third kappa shape index (κ3) is 2.86. The highest BCUT2D eigenvalue weighted by Crippen LogP contribution is 2.25. The number of carbonyl (C=O) groups is 1. The highest BCUT2D eigenvalue weighted by molar-refractivity contribution is 7.13. The molecule has 1 N–H and O–H groups in total. The second kappa shape index (κ2) is 5.94. The molecule has 1 aliphatic carbocycles. The molecule has 0 radical (unpaired) electrons. The second-order valence-electron chi connectivity index (χ2n) is 4.96. The van der Waals surface area contributed by atoms with Crippen LogP contribution in [0, 0.1) is 0 Å². The predicted molar refractivity (Wildman–Crippen MR) is 82.2 cm³/mol. The summed E-state index contributed by atoms with van der Waals surface area (Å²) in [6, 6.07) is 7.95. The molecule has 0 aliphatic heterocycles. The summed E-state index contributed by atoms with van der Waals surface area (Å²) in [6.45, 7) is 0. The van der Waals surface area contributed by atoms with Crippen molar-refractivity contribution < 1.29 is 4.79 Å². The Balaban J connectivity index is 1.79. The summed E-state index contributed by atoms with van der Waals surface area (Å²) < 4.78 is 0. The summed E-state index contributed by atoms with van der Waals surface area (Å²) >= 11 is 7.32. The Morgan fingerprint density at radius 2 is 2.30 bits per heavy atom. The minimum atomic E-state index is 0.00525. The number of hydrogen-bond acceptors (Lipinski definition) is 3. The second-order valence-corrected chi connectivity index (χ2v) is 6.09. The minimum Gasteiger partial charge on any atom is -0.349 e. The molecular formula is C15H15ClN2OS. The lowest BCUT2D eigenvalue weighted by Gasteiger charge is -2.26. The number of benzene rings is 1. The van der Waals surface area contributed by atoms with Crippen LogP contribution in [0.3, 0.4) is 0 Å². The topological polar surface area (TPSA) is 42.0 Å². The standard InChI is InChI=1S/C15H15ClN2OS/c16-8-13-9-20-15(18-13)11-4-1-3-10(7-11)14(19)17-12-5-2-6-12/h1,3-4,7,9,12H,2,5-6,8H2,(H,17,19). The normalized spacial score (nSPS) is 14.8. The third-order valence-corrected chi connectivity index (χ3v) is 4.71. The van der Waals surface area contributed by atoms with E-state index in [1.165, 1.54) is 6.42 Å². The van der Waals surface area contributed by atoms with Crippen LogP contribution in [-0.4, -0.2) is 16.9 Å². The van der Waals surface area contributed by atoms with Gasteiger partial charge in [-0.2, -0.15) is 0 Å². The number of rotatable bonds is 4. The molecular weight excluding hydrogens is 292 g/mol. The van der Waals surface area contributed by atoms with Gasteiger partial charge in [0.2, 0.25) is 0 Å². The third-order valence-electron chi connectivity index (χ3n) is 3.50. The zero-order valence-electron chi connectivity index (χ0n) is 10.9.